The van der Waals surface area contributed by atoms with Gasteiger partial charge in [-0.15, -0.1) is 0 Å². The number of methoxy groups -OCH3 is 1. The van der Waals surface area contributed by atoms with Crippen LogP contribution in [0.15, 0.2) is 48.5 Å². The third-order valence-corrected chi connectivity index (χ3v) is 6.48. The number of likely N-dealkylation sites (tertiary alicyclic amines) is 1. The number of carbonyl (C=O) groups is 2. The summed E-state index contributed by atoms with van der Waals surface area (Å²) in [6.07, 6.45) is 2.10. The summed E-state index contributed by atoms with van der Waals surface area (Å²) in [5.41, 5.74) is 2.18. The van der Waals surface area contributed by atoms with Gasteiger partial charge in [0.05, 0.1) is 18.4 Å². The van der Waals surface area contributed by atoms with Crippen LogP contribution in [0.25, 0.3) is 0 Å². The second kappa shape index (κ2) is 9.52. The minimum absolute atomic E-state index is 0.0249. The van der Waals surface area contributed by atoms with Crippen molar-refractivity contribution in [3.63, 3.8) is 0 Å². The molecule has 164 valence electrons. The summed E-state index contributed by atoms with van der Waals surface area (Å²) in [6, 6.07) is 15.7. The Morgan fingerprint density at radius 3 is 2.29 bits per heavy atom. The van der Waals surface area contributed by atoms with Crippen LogP contribution in [-0.4, -0.2) is 73.9 Å². The van der Waals surface area contributed by atoms with Gasteiger partial charge in [0.15, 0.2) is 5.78 Å². The number of nitrogens with zero attached hydrogens (tertiary/aromatic N) is 3. The molecule has 0 N–H and O–H groups in total. The van der Waals surface area contributed by atoms with Crippen molar-refractivity contribution in [1.82, 2.24) is 9.80 Å². The first-order chi connectivity index (χ1) is 15.1. The molecule has 2 aliphatic rings. The predicted molar refractivity (Wildman–Crippen MR) is 122 cm³/mol. The van der Waals surface area contributed by atoms with Crippen LogP contribution in [0.5, 0.6) is 5.75 Å². The van der Waals surface area contributed by atoms with E-state index >= 15 is 0 Å². The van der Waals surface area contributed by atoms with Gasteiger partial charge >= 0.3 is 0 Å². The predicted octanol–water partition coefficient (Wildman–Crippen LogP) is 3.32. The topological polar surface area (TPSA) is 53.1 Å². The lowest BCUT2D eigenvalue weighted by Crippen LogP contribution is -2.56. The average molecular weight is 422 g/mol. The molecule has 0 aliphatic carbocycles. The number of anilines is 1. The molecule has 2 aromatic rings. The van der Waals surface area contributed by atoms with Gasteiger partial charge in [-0.25, -0.2) is 0 Å². The highest BCUT2D eigenvalue weighted by molar-refractivity contribution is 6.07. The Kier molecular flexibility index (Phi) is 6.56. The maximum Gasteiger partial charge on any atom is 0.254 e. The van der Waals surface area contributed by atoms with Crippen LogP contribution >= 0.6 is 0 Å². The van der Waals surface area contributed by atoms with E-state index in [0.717, 1.165) is 63.5 Å². The number of benzene rings is 2. The van der Waals surface area contributed by atoms with E-state index in [-0.39, 0.29) is 11.7 Å². The zero-order chi connectivity index (χ0) is 21.8. The molecular weight excluding hydrogens is 390 g/mol. The van der Waals surface area contributed by atoms with Crippen LogP contribution in [-0.2, 0) is 0 Å². The van der Waals surface area contributed by atoms with Crippen molar-refractivity contribution in [3.05, 3.63) is 59.7 Å². The van der Waals surface area contributed by atoms with Crippen LogP contribution < -0.4 is 9.64 Å². The largest absolute Gasteiger partial charge is 0.495 e. The van der Waals surface area contributed by atoms with Crippen molar-refractivity contribution in [2.45, 2.75) is 25.8 Å². The van der Waals surface area contributed by atoms with Gasteiger partial charge < -0.3 is 14.5 Å². The Morgan fingerprint density at radius 1 is 0.903 bits per heavy atom. The number of Topliss-reactive ketones (excluding diaryl/α,β-unsaturated/α-hetero) is 1. The number of ketones is 1. The molecule has 0 saturated carbocycles. The van der Waals surface area contributed by atoms with Crippen molar-refractivity contribution < 1.29 is 14.3 Å². The lowest BCUT2D eigenvalue weighted by atomic mass is 9.99. The first-order valence-electron chi connectivity index (χ1n) is 11.1. The van der Waals surface area contributed by atoms with E-state index in [9.17, 15) is 9.59 Å². The zero-order valence-electron chi connectivity index (χ0n) is 18.4. The Balaban J connectivity index is 1.40. The van der Waals surface area contributed by atoms with Crippen molar-refractivity contribution in [3.8, 4) is 5.75 Å². The fraction of sp³-hybridized carbons (Fsp3) is 0.440. The van der Waals surface area contributed by atoms with E-state index in [0.29, 0.717) is 17.2 Å². The summed E-state index contributed by atoms with van der Waals surface area (Å²) < 4.78 is 5.53. The van der Waals surface area contributed by atoms with Gasteiger partial charge in [-0.3, -0.25) is 14.5 Å². The molecule has 2 aromatic carbocycles. The van der Waals surface area contributed by atoms with E-state index in [1.54, 1.807) is 19.2 Å². The molecule has 0 aromatic heterocycles. The summed E-state index contributed by atoms with van der Waals surface area (Å²) in [5, 5.41) is 0. The highest BCUT2D eigenvalue weighted by Crippen LogP contribution is 2.29. The smallest absolute Gasteiger partial charge is 0.254 e. The van der Waals surface area contributed by atoms with Crippen molar-refractivity contribution in [1.29, 1.82) is 0 Å². The van der Waals surface area contributed by atoms with Gasteiger partial charge in [-0.2, -0.15) is 0 Å². The van der Waals surface area contributed by atoms with Gasteiger partial charge in [0, 0.05) is 50.9 Å². The van der Waals surface area contributed by atoms with Crippen molar-refractivity contribution in [2.75, 3.05) is 51.3 Å². The molecule has 4 rings (SSSR count). The van der Waals surface area contributed by atoms with Gasteiger partial charge in [0.2, 0.25) is 0 Å². The van der Waals surface area contributed by atoms with Crippen LogP contribution in [0.3, 0.4) is 0 Å². The Labute approximate surface area is 184 Å². The standard InChI is InChI=1S/C25H31N3O3/c1-19(29)21-9-3-4-10-22(21)25(30)28-13-7-8-20(18-28)26-14-16-27(17-15-26)23-11-5-6-12-24(23)31-2/h3-6,9-12,20H,7-8,13-18H2,1-2H3/t20-/m1/s1. The number of carbonyl (C=O) groups excluding carboxylic acids is 2. The second-order valence-corrected chi connectivity index (χ2v) is 8.34. The molecule has 6 nitrogen and oxygen atoms in total. The van der Waals surface area contributed by atoms with E-state index in [1.165, 1.54) is 6.92 Å². The molecule has 2 saturated heterocycles. The van der Waals surface area contributed by atoms with Crippen LogP contribution in [0, 0.1) is 0 Å². The molecule has 2 fully saturated rings. The number of hydrogen-bond donors (Lipinski definition) is 0. The summed E-state index contributed by atoms with van der Waals surface area (Å²) in [4.78, 5) is 32.0. The molecule has 0 radical (unpaired) electrons. The molecular formula is C25H31N3O3. The summed E-state index contributed by atoms with van der Waals surface area (Å²) in [7, 11) is 1.72. The second-order valence-electron chi connectivity index (χ2n) is 8.34. The quantitative estimate of drug-likeness (QED) is 0.694. The fourth-order valence-electron chi connectivity index (χ4n) is 4.80. The number of ether oxygens (including phenoxy) is 1. The number of piperidine rings is 1. The first kappa shape index (κ1) is 21.4. The maximum absolute atomic E-state index is 13.2. The molecule has 1 atom stereocenters. The fourth-order valence-corrected chi connectivity index (χ4v) is 4.80. The molecule has 0 bridgehead atoms. The maximum atomic E-state index is 13.2. The van der Waals surface area contributed by atoms with E-state index in [2.05, 4.69) is 15.9 Å². The highest BCUT2D eigenvalue weighted by atomic mass is 16.5. The van der Waals surface area contributed by atoms with Crippen molar-refractivity contribution >= 4 is 17.4 Å². The van der Waals surface area contributed by atoms with Crippen LogP contribution in [0.2, 0.25) is 0 Å². The summed E-state index contributed by atoms with van der Waals surface area (Å²) >= 11 is 0. The van der Waals surface area contributed by atoms with Gasteiger partial charge in [-0.1, -0.05) is 30.3 Å². The first-order valence-corrected chi connectivity index (χ1v) is 11.1. The lowest BCUT2D eigenvalue weighted by Gasteiger charge is -2.44. The molecule has 31 heavy (non-hydrogen) atoms. The monoisotopic (exact) mass is 421 g/mol. The number of piperazine rings is 1. The zero-order valence-corrected chi connectivity index (χ0v) is 18.4. The van der Waals surface area contributed by atoms with Gasteiger partial charge in [0.25, 0.3) is 5.91 Å². The Hall–Kier alpha value is -2.86. The van der Waals surface area contributed by atoms with Gasteiger partial charge in [-0.05, 0) is 38.0 Å². The number of para-hydroxylation sites is 2. The number of hydrogen-bond acceptors (Lipinski definition) is 5. The molecule has 6 heteroatoms. The SMILES string of the molecule is COc1ccccc1N1CCN([C@@H]2CCCN(C(=O)c3ccccc3C(C)=O)C2)CC1. The molecule has 2 aliphatic heterocycles. The Bertz CT molecular complexity index is 937. The van der Waals surface area contributed by atoms with E-state index in [4.69, 9.17) is 4.74 Å². The third-order valence-electron chi connectivity index (χ3n) is 6.48. The van der Waals surface area contributed by atoms with Gasteiger partial charge in [0.1, 0.15) is 5.75 Å². The summed E-state index contributed by atoms with van der Waals surface area (Å²) in [6.45, 7) is 6.81. The molecule has 1 amide bonds. The summed E-state index contributed by atoms with van der Waals surface area (Å²) in [5.74, 6) is 0.822. The minimum atomic E-state index is -0.0648. The third kappa shape index (κ3) is 4.59. The van der Waals surface area contributed by atoms with Crippen LogP contribution in [0.1, 0.15) is 40.5 Å². The van der Waals surface area contributed by atoms with E-state index in [1.807, 2.05) is 35.2 Å². The lowest BCUT2D eigenvalue weighted by molar-refractivity contribution is 0.0561. The average Bonchev–Trinajstić information content (AvgIpc) is 2.83. The minimum Gasteiger partial charge on any atom is -0.495 e. The van der Waals surface area contributed by atoms with Crippen molar-refractivity contribution in [2.24, 2.45) is 0 Å². The molecule has 0 unspecified atom stereocenters. The Morgan fingerprint density at radius 2 is 1.58 bits per heavy atom. The molecule has 0 spiro atoms. The number of rotatable bonds is 5. The highest BCUT2D eigenvalue weighted by Gasteiger charge is 2.31. The van der Waals surface area contributed by atoms with Crippen LogP contribution in [0.4, 0.5) is 5.69 Å². The molecule has 2 heterocycles. The number of amides is 1. The van der Waals surface area contributed by atoms with E-state index < -0.39 is 0 Å². The normalized spacial score (nSPS) is 19.9.